The number of aryl methyl sites for hydroxylation is 1. The van der Waals surface area contributed by atoms with Crippen LogP contribution in [-0.4, -0.2) is 39.2 Å². The molecule has 138 valence electrons. The van der Waals surface area contributed by atoms with Crippen LogP contribution < -0.4 is 5.32 Å². The van der Waals surface area contributed by atoms with E-state index in [0.29, 0.717) is 24.7 Å². The third-order valence-corrected chi connectivity index (χ3v) is 5.30. The second kappa shape index (κ2) is 7.05. The van der Waals surface area contributed by atoms with Gasteiger partial charge in [-0.15, -0.1) is 0 Å². The lowest BCUT2D eigenvalue weighted by Gasteiger charge is -2.30. The SMILES string of the molecule is CCc1nc(C2CCN(C(=O)Nc3ccc(C4CC4)c(F)c3)CC2)n[nH]1. The minimum Gasteiger partial charge on any atom is -0.324 e. The van der Waals surface area contributed by atoms with Gasteiger partial charge in [-0.05, 0) is 49.3 Å². The van der Waals surface area contributed by atoms with Crippen LogP contribution in [0.4, 0.5) is 14.9 Å². The van der Waals surface area contributed by atoms with Crippen LogP contribution in [0.25, 0.3) is 0 Å². The van der Waals surface area contributed by atoms with Gasteiger partial charge < -0.3 is 10.2 Å². The maximum atomic E-state index is 14.1. The molecule has 0 atom stereocenters. The first-order chi connectivity index (χ1) is 12.6. The second-order valence-corrected chi connectivity index (χ2v) is 7.20. The number of piperidine rings is 1. The summed E-state index contributed by atoms with van der Waals surface area (Å²) in [6.45, 7) is 3.33. The topological polar surface area (TPSA) is 73.9 Å². The third-order valence-electron chi connectivity index (χ3n) is 5.30. The Hall–Kier alpha value is -2.44. The number of aromatic nitrogens is 3. The number of carbonyl (C=O) groups excluding carboxylic acids is 1. The number of likely N-dealkylation sites (tertiary alicyclic amines) is 1. The number of anilines is 1. The Kier molecular flexibility index (Phi) is 4.61. The number of hydrogen-bond donors (Lipinski definition) is 2. The van der Waals surface area contributed by atoms with Crippen molar-refractivity contribution in [3.63, 3.8) is 0 Å². The Bertz CT molecular complexity index is 793. The van der Waals surface area contributed by atoms with E-state index in [9.17, 15) is 9.18 Å². The Morgan fingerprint density at radius 3 is 2.65 bits per heavy atom. The van der Waals surface area contributed by atoms with Crippen LogP contribution in [0.15, 0.2) is 18.2 Å². The average molecular weight is 357 g/mol. The highest BCUT2D eigenvalue weighted by Gasteiger charge is 2.28. The molecule has 2 aromatic rings. The number of nitrogens with one attached hydrogen (secondary N) is 2. The molecule has 0 spiro atoms. The fraction of sp³-hybridized carbons (Fsp3) is 0.526. The highest BCUT2D eigenvalue weighted by atomic mass is 19.1. The Balaban J connectivity index is 1.32. The first kappa shape index (κ1) is 17.0. The zero-order valence-electron chi connectivity index (χ0n) is 15.0. The molecule has 4 rings (SSSR count). The average Bonchev–Trinajstić information content (AvgIpc) is 3.38. The van der Waals surface area contributed by atoms with E-state index in [-0.39, 0.29) is 17.8 Å². The van der Waals surface area contributed by atoms with Gasteiger partial charge in [-0.1, -0.05) is 13.0 Å². The van der Waals surface area contributed by atoms with E-state index in [2.05, 4.69) is 20.5 Å². The van der Waals surface area contributed by atoms with E-state index in [0.717, 1.165) is 49.3 Å². The molecule has 0 bridgehead atoms. The highest BCUT2D eigenvalue weighted by Crippen LogP contribution is 2.41. The molecule has 7 heteroatoms. The van der Waals surface area contributed by atoms with E-state index >= 15 is 0 Å². The molecule has 1 saturated carbocycles. The van der Waals surface area contributed by atoms with Gasteiger partial charge in [0.25, 0.3) is 0 Å². The van der Waals surface area contributed by atoms with Crippen LogP contribution in [0.1, 0.15) is 61.7 Å². The van der Waals surface area contributed by atoms with E-state index in [4.69, 9.17) is 0 Å². The molecule has 1 saturated heterocycles. The maximum Gasteiger partial charge on any atom is 0.321 e. The molecule has 2 amide bonds. The molecule has 2 aliphatic rings. The van der Waals surface area contributed by atoms with Crippen molar-refractivity contribution < 1.29 is 9.18 Å². The molecule has 2 N–H and O–H groups in total. The number of rotatable bonds is 4. The van der Waals surface area contributed by atoms with Gasteiger partial charge in [0.2, 0.25) is 0 Å². The van der Waals surface area contributed by atoms with Gasteiger partial charge in [-0.3, -0.25) is 5.10 Å². The summed E-state index contributed by atoms with van der Waals surface area (Å²) in [5.41, 5.74) is 1.28. The predicted octanol–water partition coefficient (Wildman–Crippen LogP) is 3.80. The van der Waals surface area contributed by atoms with E-state index in [1.54, 1.807) is 17.0 Å². The van der Waals surface area contributed by atoms with Crippen molar-refractivity contribution >= 4 is 11.7 Å². The number of halogens is 1. The quantitative estimate of drug-likeness (QED) is 0.874. The molecule has 26 heavy (non-hydrogen) atoms. The van der Waals surface area contributed by atoms with Crippen LogP contribution in [0.5, 0.6) is 0 Å². The van der Waals surface area contributed by atoms with Crippen molar-refractivity contribution in [3.8, 4) is 0 Å². The number of aromatic amines is 1. The zero-order chi connectivity index (χ0) is 18.1. The standard InChI is InChI=1S/C19H24FN5O/c1-2-17-22-18(24-23-17)13-7-9-25(10-8-13)19(26)21-14-5-6-15(12-3-4-12)16(20)11-14/h5-6,11-13H,2-4,7-10H2,1H3,(H,21,26)(H,22,23,24). The Morgan fingerprint density at radius 2 is 2.04 bits per heavy atom. The molecule has 1 aliphatic carbocycles. The summed E-state index contributed by atoms with van der Waals surface area (Å²) >= 11 is 0. The van der Waals surface area contributed by atoms with E-state index in [1.165, 1.54) is 6.07 Å². The molecular weight excluding hydrogens is 333 g/mol. The smallest absolute Gasteiger partial charge is 0.321 e. The van der Waals surface area contributed by atoms with Gasteiger partial charge in [0, 0.05) is 31.1 Å². The van der Waals surface area contributed by atoms with Gasteiger partial charge in [0.1, 0.15) is 11.6 Å². The largest absolute Gasteiger partial charge is 0.324 e. The lowest BCUT2D eigenvalue weighted by molar-refractivity contribution is 0.193. The fourth-order valence-corrected chi connectivity index (χ4v) is 3.52. The van der Waals surface area contributed by atoms with Gasteiger partial charge in [-0.2, -0.15) is 5.10 Å². The number of nitrogens with zero attached hydrogens (tertiary/aromatic N) is 3. The van der Waals surface area contributed by atoms with Gasteiger partial charge >= 0.3 is 6.03 Å². The molecule has 0 radical (unpaired) electrons. The van der Waals surface area contributed by atoms with Crippen molar-refractivity contribution in [2.75, 3.05) is 18.4 Å². The summed E-state index contributed by atoms with van der Waals surface area (Å²) in [5.74, 6) is 2.17. The van der Waals surface area contributed by atoms with Crippen molar-refractivity contribution in [2.24, 2.45) is 0 Å². The molecule has 2 fully saturated rings. The lowest BCUT2D eigenvalue weighted by atomic mass is 9.96. The van der Waals surface area contributed by atoms with Crippen molar-refractivity contribution in [1.82, 2.24) is 20.1 Å². The molecule has 1 aliphatic heterocycles. The van der Waals surface area contributed by atoms with Crippen LogP contribution >= 0.6 is 0 Å². The van der Waals surface area contributed by atoms with Crippen LogP contribution in [0.2, 0.25) is 0 Å². The highest BCUT2D eigenvalue weighted by molar-refractivity contribution is 5.89. The molecule has 1 aromatic carbocycles. The monoisotopic (exact) mass is 357 g/mol. The number of urea groups is 1. The van der Waals surface area contributed by atoms with Gasteiger partial charge in [-0.25, -0.2) is 14.2 Å². The molecule has 0 unspecified atom stereocenters. The zero-order valence-corrected chi connectivity index (χ0v) is 15.0. The van der Waals surface area contributed by atoms with Crippen LogP contribution in [0, 0.1) is 5.82 Å². The lowest BCUT2D eigenvalue weighted by Crippen LogP contribution is -2.40. The Labute approximate surface area is 152 Å². The summed E-state index contributed by atoms with van der Waals surface area (Å²) in [6, 6.07) is 4.84. The van der Waals surface area contributed by atoms with Crippen molar-refractivity contribution in [1.29, 1.82) is 0 Å². The molecule has 6 nitrogen and oxygen atoms in total. The van der Waals surface area contributed by atoms with Gasteiger partial charge in [0.15, 0.2) is 5.82 Å². The minimum absolute atomic E-state index is 0.175. The number of hydrogen-bond acceptors (Lipinski definition) is 3. The van der Waals surface area contributed by atoms with Crippen molar-refractivity contribution in [2.45, 2.75) is 50.9 Å². The molecule has 1 aromatic heterocycles. The number of H-pyrrole nitrogens is 1. The van der Waals surface area contributed by atoms with E-state index < -0.39 is 0 Å². The van der Waals surface area contributed by atoms with E-state index in [1.807, 2.05) is 6.92 Å². The summed E-state index contributed by atoms with van der Waals surface area (Å²) < 4.78 is 14.1. The Morgan fingerprint density at radius 1 is 1.27 bits per heavy atom. The first-order valence-corrected chi connectivity index (χ1v) is 9.40. The number of benzene rings is 1. The van der Waals surface area contributed by atoms with Crippen LogP contribution in [-0.2, 0) is 6.42 Å². The summed E-state index contributed by atoms with van der Waals surface area (Å²) in [5, 5.41) is 10.1. The predicted molar refractivity (Wildman–Crippen MR) is 96.7 cm³/mol. The summed E-state index contributed by atoms with van der Waals surface area (Å²) in [4.78, 5) is 18.7. The summed E-state index contributed by atoms with van der Waals surface area (Å²) in [6.07, 6.45) is 4.63. The number of amides is 2. The first-order valence-electron chi connectivity index (χ1n) is 9.40. The van der Waals surface area contributed by atoms with Crippen molar-refractivity contribution in [3.05, 3.63) is 41.2 Å². The third kappa shape index (κ3) is 3.57. The number of carbonyl (C=O) groups is 1. The molecular formula is C19H24FN5O. The van der Waals surface area contributed by atoms with Crippen LogP contribution in [0.3, 0.4) is 0 Å². The normalized spacial score (nSPS) is 18.2. The fourth-order valence-electron chi connectivity index (χ4n) is 3.52. The minimum atomic E-state index is -0.222. The summed E-state index contributed by atoms with van der Waals surface area (Å²) in [7, 11) is 0. The van der Waals surface area contributed by atoms with Gasteiger partial charge in [0.05, 0.1) is 0 Å². The maximum absolute atomic E-state index is 14.1. The molecule has 2 heterocycles. The second-order valence-electron chi connectivity index (χ2n) is 7.20.